The highest BCUT2D eigenvalue weighted by Crippen LogP contribution is 2.23. The van der Waals surface area contributed by atoms with Crippen molar-refractivity contribution in [2.75, 3.05) is 19.4 Å². The van der Waals surface area contributed by atoms with Crippen LogP contribution in [-0.2, 0) is 5.75 Å². The molecule has 0 spiro atoms. The largest absolute Gasteiger partial charge is 0.497 e. The molecule has 8 heteroatoms. The number of ether oxygens (including phenoxy) is 1. The Balaban J connectivity index is 1.74. The minimum absolute atomic E-state index is 0.213. The number of rotatable bonds is 5. The van der Waals surface area contributed by atoms with E-state index in [1.54, 1.807) is 25.3 Å². The number of hydrogen-bond acceptors (Lipinski definition) is 6. The zero-order valence-electron chi connectivity index (χ0n) is 13.5. The van der Waals surface area contributed by atoms with Gasteiger partial charge < -0.3 is 4.74 Å². The number of benzene rings is 1. The summed E-state index contributed by atoms with van der Waals surface area (Å²) in [7, 11) is 1.63. The Hall–Kier alpha value is -1.77. The summed E-state index contributed by atoms with van der Waals surface area (Å²) in [5.41, 5.74) is 1.31. The molecule has 1 saturated heterocycles. The van der Waals surface area contributed by atoms with Gasteiger partial charge in [-0.3, -0.25) is 14.9 Å². The first-order valence-corrected chi connectivity index (χ1v) is 9.97. The van der Waals surface area contributed by atoms with Gasteiger partial charge in [-0.1, -0.05) is 36.1 Å². The number of methoxy groups -OCH3 is 1. The molecule has 0 radical (unpaired) electrons. The van der Waals surface area contributed by atoms with Gasteiger partial charge in [0.1, 0.15) is 10.1 Å². The number of nitrogens with zero attached hydrogens (tertiary/aromatic N) is 2. The van der Waals surface area contributed by atoms with Crippen molar-refractivity contribution in [1.82, 2.24) is 4.90 Å². The molecule has 1 fully saturated rings. The van der Waals surface area contributed by atoms with E-state index in [1.807, 2.05) is 24.3 Å². The van der Waals surface area contributed by atoms with Crippen LogP contribution in [0.3, 0.4) is 0 Å². The molecule has 0 unspecified atom stereocenters. The number of thiocarbonyl (C=S) groups is 1. The topological polar surface area (TPSA) is 53.7 Å². The number of amides is 1. The van der Waals surface area contributed by atoms with E-state index in [9.17, 15) is 10.0 Å². The van der Waals surface area contributed by atoms with Gasteiger partial charge in [0, 0.05) is 34.9 Å². The van der Waals surface area contributed by atoms with Crippen molar-refractivity contribution >= 4 is 46.0 Å². The van der Waals surface area contributed by atoms with E-state index in [0.29, 0.717) is 21.6 Å². The van der Waals surface area contributed by atoms with Crippen LogP contribution in [0.4, 0.5) is 0 Å². The SMILES string of the molecule is COc1ccc(CSc2cccc(C(=O)N3CCSC3=S)[n+]2O)cc1. The van der Waals surface area contributed by atoms with E-state index >= 15 is 0 Å². The normalized spacial score (nSPS) is 14.0. The first-order valence-electron chi connectivity index (χ1n) is 7.59. The van der Waals surface area contributed by atoms with E-state index < -0.39 is 0 Å². The second-order valence-corrected chi connectivity index (χ2v) is 7.99. The second kappa shape index (κ2) is 8.07. The Kier molecular flexibility index (Phi) is 5.82. The first-order chi connectivity index (χ1) is 12.1. The van der Waals surface area contributed by atoms with Crippen LogP contribution in [0, 0.1) is 0 Å². The third-order valence-corrected chi connectivity index (χ3v) is 6.21. The van der Waals surface area contributed by atoms with Crippen LogP contribution in [-0.4, -0.2) is 39.7 Å². The Bertz CT molecular complexity index is 796. The van der Waals surface area contributed by atoms with Gasteiger partial charge >= 0.3 is 11.6 Å². The Labute approximate surface area is 159 Å². The summed E-state index contributed by atoms with van der Waals surface area (Å²) in [5, 5.41) is 11.0. The van der Waals surface area contributed by atoms with E-state index in [-0.39, 0.29) is 11.6 Å². The maximum absolute atomic E-state index is 12.6. The van der Waals surface area contributed by atoms with Crippen molar-refractivity contribution < 1.29 is 19.5 Å². The minimum Gasteiger partial charge on any atom is -0.497 e. The Morgan fingerprint density at radius 3 is 2.76 bits per heavy atom. The number of aromatic nitrogens is 1. The lowest BCUT2D eigenvalue weighted by Crippen LogP contribution is -2.45. The summed E-state index contributed by atoms with van der Waals surface area (Å²) in [6.07, 6.45) is 0. The predicted molar refractivity (Wildman–Crippen MR) is 102 cm³/mol. The smallest absolute Gasteiger partial charge is 0.329 e. The van der Waals surface area contributed by atoms with Gasteiger partial charge in [0.15, 0.2) is 0 Å². The fourth-order valence-electron chi connectivity index (χ4n) is 2.35. The number of pyridine rings is 1. The standard InChI is InChI=1S/C17H17N2O3S3/c1-22-13-7-5-12(6-8-13)11-25-15-4-2-3-14(19(15)21)16(20)18-9-10-24-17(18)23/h2-8,21H,9-11H2,1H3/q+1. The molecule has 2 heterocycles. The van der Waals surface area contributed by atoms with Gasteiger partial charge in [0.2, 0.25) is 0 Å². The molecule has 0 aliphatic carbocycles. The van der Waals surface area contributed by atoms with Crippen LogP contribution in [0.15, 0.2) is 47.5 Å². The molecule has 1 amide bonds. The molecule has 1 aliphatic rings. The number of carbonyl (C=O) groups is 1. The summed E-state index contributed by atoms with van der Waals surface area (Å²) in [6, 6.07) is 12.9. The summed E-state index contributed by atoms with van der Waals surface area (Å²) >= 11 is 8.12. The summed E-state index contributed by atoms with van der Waals surface area (Å²) in [4.78, 5) is 14.1. The fraction of sp³-hybridized carbons (Fsp3) is 0.235. The lowest BCUT2D eigenvalue weighted by molar-refractivity contribution is -0.933. The highest BCUT2D eigenvalue weighted by atomic mass is 32.2. The van der Waals surface area contributed by atoms with Crippen LogP contribution in [0.1, 0.15) is 16.1 Å². The highest BCUT2D eigenvalue weighted by molar-refractivity contribution is 8.23. The first kappa shape index (κ1) is 18.0. The number of hydrogen-bond donors (Lipinski definition) is 1. The monoisotopic (exact) mass is 393 g/mol. The van der Waals surface area contributed by atoms with Gasteiger partial charge in [-0.2, -0.15) is 0 Å². The molecular formula is C17H17N2O3S3+. The van der Waals surface area contributed by atoms with E-state index in [4.69, 9.17) is 17.0 Å². The Morgan fingerprint density at radius 1 is 1.36 bits per heavy atom. The summed E-state index contributed by atoms with van der Waals surface area (Å²) in [5.74, 6) is 1.99. The molecule has 130 valence electrons. The highest BCUT2D eigenvalue weighted by Gasteiger charge is 2.33. The molecule has 0 atom stereocenters. The molecule has 0 saturated carbocycles. The van der Waals surface area contributed by atoms with Crippen molar-refractivity contribution in [1.29, 1.82) is 0 Å². The van der Waals surface area contributed by atoms with Crippen molar-refractivity contribution in [3.63, 3.8) is 0 Å². The minimum atomic E-state index is -0.274. The van der Waals surface area contributed by atoms with E-state index in [2.05, 4.69) is 0 Å². The van der Waals surface area contributed by atoms with Crippen molar-refractivity contribution in [3.05, 3.63) is 53.7 Å². The lowest BCUT2D eigenvalue weighted by atomic mass is 10.2. The van der Waals surface area contributed by atoms with Crippen LogP contribution in [0.5, 0.6) is 5.75 Å². The molecule has 0 bridgehead atoms. The quantitative estimate of drug-likeness (QED) is 0.365. The molecule has 5 nitrogen and oxygen atoms in total. The molecular weight excluding hydrogens is 376 g/mol. The third kappa shape index (κ3) is 4.08. The molecule has 25 heavy (non-hydrogen) atoms. The van der Waals surface area contributed by atoms with Crippen molar-refractivity contribution in [2.45, 2.75) is 10.8 Å². The van der Waals surface area contributed by atoms with Gasteiger partial charge in [-0.25, -0.2) is 0 Å². The van der Waals surface area contributed by atoms with Gasteiger partial charge in [0.05, 0.1) is 7.11 Å². The fourth-order valence-corrected chi connectivity index (χ4v) is 4.45. The zero-order valence-corrected chi connectivity index (χ0v) is 16.0. The maximum atomic E-state index is 12.6. The molecule has 1 aromatic heterocycles. The lowest BCUT2D eigenvalue weighted by Gasteiger charge is -2.12. The van der Waals surface area contributed by atoms with Gasteiger partial charge in [-0.05, 0) is 35.5 Å². The van der Waals surface area contributed by atoms with Crippen LogP contribution < -0.4 is 9.47 Å². The number of carbonyl (C=O) groups excluding carboxylic acids is 1. The molecule has 1 N–H and O–H groups in total. The van der Waals surface area contributed by atoms with Crippen LogP contribution in [0.2, 0.25) is 0 Å². The van der Waals surface area contributed by atoms with Gasteiger partial charge in [0.25, 0.3) is 5.03 Å². The average molecular weight is 394 g/mol. The molecule has 1 aliphatic heterocycles. The molecule has 2 aromatic rings. The van der Waals surface area contributed by atoms with Crippen molar-refractivity contribution in [2.24, 2.45) is 0 Å². The predicted octanol–water partition coefficient (Wildman–Crippen LogP) is 2.99. The van der Waals surface area contributed by atoms with Crippen LogP contribution in [0.25, 0.3) is 0 Å². The van der Waals surface area contributed by atoms with E-state index in [1.165, 1.54) is 28.4 Å². The van der Waals surface area contributed by atoms with Crippen molar-refractivity contribution in [3.8, 4) is 5.75 Å². The maximum Gasteiger partial charge on any atom is 0.329 e. The third-order valence-electron chi connectivity index (χ3n) is 3.70. The molecule has 3 rings (SSSR count). The summed E-state index contributed by atoms with van der Waals surface area (Å²) < 4.78 is 6.65. The zero-order chi connectivity index (χ0) is 17.8. The second-order valence-electron chi connectivity index (χ2n) is 5.27. The van der Waals surface area contributed by atoms with Crippen LogP contribution >= 0.6 is 35.7 Å². The average Bonchev–Trinajstić information content (AvgIpc) is 3.07. The van der Waals surface area contributed by atoms with E-state index in [0.717, 1.165) is 21.8 Å². The Morgan fingerprint density at radius 2 is 2.12 bits per heavy atom. The van der Waals surface area contributed by atoms with Gasteiger partial charge in [-0.15, -0.1) is 0 Å². The number of thioether (sulfide) groups is 2. The molecule has 1 aromatic carbocycles. The summed E-state index contributed by atoms with van der Waals surface area (Å²) in [6.45, 7) is 0.575.